The fourth-order valence-electron chi connectivity index (χ4n) is 1.40. The molecule has 0 fully saturated rings. The number of ether oxygens (including phenoxy) is 2. The maximum Gasteiger partial charge on any atom is 0.240 e. The van der Waals surface area contributed by atoms with Crippen LogP contribution in [0.25, 0.3) is 0 Å². The van der Waals surface area contributed by atoms with E-state index in [1.165, 1.54) is 12.1 Å². The summed E-state index contributed by atoms with van der Waals surface area (Å²) in [6.07, 6.45) is 0.592. The average molecular weight is 367 g/mol. The van der Waals surface area contributed by atoms with Crippen LogP contribution in [0.1, 0.15) is 6.42 Å². The molecule has 0 radical (unpaired) electrons. The summed E-state index contributed by atoms with van der Waals surface area (Å²) in [4.78, 5) is 0.151. The summed E-state index contributed by atoms with van der Waals surface area (Å²) in [6.45, 7) is 1.83. The molecule has 3 N–H and O–H groups in total. The van der Waals surface area contributed by atoms with Crippen LogP contribution in [-0.4, -0.2) is 41.9 Å². The number of sulfonamides is 1. The lowest BCUT2D eigenvalue weighted by molar-refractivity contribution is 0.0699. The van der Waals surface area contributed by atoms with Crippen molar-refractivity contribution in [3.8, 4) is 0 Å². The van der Waals surface area contributed by atoms with E-state index in [0.29, 0.717) is 42.9 Å². The van der Waals surface area contributed by atoms with Crippen LogP contribution in [0, 0.1) is 0 Å². The van der Waals surface area contributed by atoms with Crippen LogP contribution >= 0.6 is 15.9 Å². The Labute approximate surface area is 127 Å². The van der Waals surface area contributed by atoms with Crippen LogP contribution in [0.4, 0.5) is 5.69 Å². The fourth-order valence-corrected chi connectivity index (χ4v) is 2.75. The molecule has 0 spiro atoms. The molecule has 0 aliphatic carbocycles. The highest BCUT2D eigenvalue weighted by Crippen LogP contribution is 2.22. The van der Waals surface area contributed by atoms with Crippen LogP contribution in [0.15, 0.2) is 27.6 Å². The number of methoxy groups -OCH3 is 1. The second-order valence-electron chi connectivity index (χ2n) is 4.04. The normalized spacial score (nSPS) is 11.7. The Morgan fingerprint density at radius 1 is 1.30 bits per heavy atom. The minimum Gasteiger partial charge on any atom is -0.398 e. The summed E-state index contributed by atoms with van der Waals surface area (Å²) in [5, 5.41) is 0. The van der Waals surface area contributed by atoms with Gasteiger partial charge in [0.05, 0.1) is 18.1 Å². The Morgan fingerprint density at radius 2 is 2.05 bits per heavy atom. The third-order valence-corrected chi connectivity index (χ3v) is 4.65. The summed E-state index contributed by atoms with van der Waals surface area (Å²) < 4.78 is 37.2. The minimum absolute atomic E-state index is 0.151. The van der Waals surface area contributed by atoms with Gasteiger partial charge in [-0.15, -0.1) is 0 Å². The molecule has 1 aromatic carbocycles. The molecule has 1 rings (SSSR count). The molecule has 1 aromatic rings. The number of nitrogens with two attached hydrogens (primary N) is 1. The zero-order valence-electron chi connectivity index (χ0n) is 11.3. The lowest BCUT2D eigenvalue weighted by atomic mass is 10.3. The first-order valence-corrected chi connectivity index (χ1v) is 8.36. The van der Waals surface area contributed by atoms with Gasteiger partial charge in [-0.2, -0.15) is 0 Å². The van der Waals surface area contributed by atoms with E-state index in [4.69, 9.17) is 15.2 Å². The number of anilines is 1. The molecule has 0 heterocycles. The van der Waals surface area contributed by atoms with Crippen molar-refractivity contribution in [2.45, 2.75) is 11.3 Å². The Balaban J connectivity index is 2.40. The van der Waals surface area contributed by atoms with Crippen LogP contribution in [0.5, 0.6) is 0 Å². The predicted molar refractivity (Wildman–Crippen MR) is 81.1 cm³/mol. The summed E-state index contributed by atoms with van der Waals surface area (Å²) in [5.41, 5.74) is 6.05. The standard InChI is InChI=1S/C12H19BrN2O4S/c1-18-7-8-19-6-2-5-15-20(16,17)10-3-4-11(13)12(14)9-10/h3-4,9,15H,2,5-8,14H2,1H3. The Hall–Kier alpha value is -0.670. The first-order chi connectivity index (χ1) is 9.47. The van der Waals surface area contributed by atoms with Crippen molar-refractivity contribution < 1.29 is 17.9 Å². The molecule has 0 aromatic heterocycles. The van der Waals surface area contributed by atoms with E-state index in [9.17, 15) is 8.42 Å². The Bertz CT molecular complexity index is 522. The van der Waals surface area contributed by atoms with Gasteiger partial charge >= 0.3 is 0 Å². The van der Waals surface area contributed by atoms with Gasteiger partial charge in [0.2, 0.25) is 10.0 Å². The molecule has 0 unspecified atom stereocenters. The van der Waals surface area contributed by atoms with Crippen LogP contribution in [0.2, 0.25) is 0 Å². The van der Waals surface area contributed by atoms with Gasteiger partial charge in [-0.25, -0.2) is 13.1 Å². The molecule has 20 heavy (non-hydrogen) atoms. The topological polar surface area (TPSA) is 90.6 Å². The lowest BCUT2D eigenvalue weighted by Crippen LogP contribution is -2.25. The smallest absolute Gasteiger partial charge is 0.240 e. The molecule has 0 bridgehead atoms. The predicted octanol–water partition coefficient (Wildman–Crippen LogP) is 1.36. The summed E-state index contributed by atoms with van der Waals surface area (Å²) in [7, 11) is -1.93. The Kier molecular flexibility index (Phi) is 7.46. The number of halogens is 1. The third-order valence-electron chi connectivity index (χ3n) is 2.47. The first kappa shape index (κ1) is 17.4. The highest BCUT2D eigenvalue weighted by Gasteiger charge is 2.14. The number of benzene rings is 1. The van der Waals surface area contributed by atoms with Crippen molar-refractivity contribution in [1.29, 1.82) is 0 Å². The van der Waals surface area contributed by atoms with Crippen molar-refractivity contribution in [2.24, 2.45) is 0 Å². The molecule has 0 saturated heterocycles. The van der Waals surface area contributed by atoms with E-state index >= 15 is 0 Å². The van der Waals surface area contributed by atoms with Crippen LogP contribution in [-0.2, 0) is 19.5 Å². The van der Waals surface area contributed by atoms with Gasteiger partial charge in [0, 0.05) is 30.4 Å². The van der Waals surface area contributed by atoms with Gasteiger partial charge in [-0.1, -0.05) is 0 Å². The molecule has 6 nitrogen and oxygen atoms in total. The molecular weight excluding hydrogens is 348 g/mol. The van der Waals surface area contributed by atoms with E-state index < -0.39 is 10.0 Å². The number of nitrogens with one attached hydrogen (secondary N) is 1. The van der Waals surface area contributed by atoms with Crippen LogP contribution < -0.4 is 10.5 Å². The van der Waals surface area contributed by atoms with Gasteiger partial charge in [-0.05, 0) is 40.5 Å². The second-order valence-corrected chi connectivity index (χ2v) is 6.66. The Morgan fingerprint density at radius 3 is 2.70 bits per heavy atom. The summed E-state index contributed by atoms with van der Waals surface area (Å²) >= 11 is 3.22. The van der Waals surface area contributed by atoms with Crippen LogP contribution in [0.3, 0.4) is 0 Å². The van der Waals surface area contributed by atoms with Gasteiger partial charge in [0.15, 0.2) is 0 Å². The average Bonchev–Trinajstić information content (AvgIpc) is 2.40. The van der Waals surface area contributed by atoms with Gasteiger partial charge in [-0.3, -0.25) is 0 Å². The van der Waals surface area contributed by atoms with E-state index in [0.717, 1.165) is 0 Å². The quantitative estimate of drug-likeness (QED) is 0.508. The highest BCUT2D eigenvalue weighted by atomic mass is 79.9. The van der Waals surface area contributed by atoms with Crippen molar-refractivity contribution in [1.82, 2.24) is 4.72 Å². The molecule has 114 valence electrons. The highest BCUT2D eigenvalue weighted by molar-refractivity contribution is 9.10. The van der Waals surface area contributed by atoms with E-state index in [2.05, 4.69) is 20.7 Å². The summed E-state index contributed by atoms with van der Waals surface area (Å²) in [6, 6.07) is 4.52. The van der Waals surface area contributed by atoms with Gasteiger partial charge in [0.25, 0.3) is 0 Å². The molecule has 8 heteroatoms. The number of hydrogen-bond acceptors (Lipinski definition) is 5. The molecule has 0 aliphatic heterocycles. The third kappa shape index (κ3) is 5.76. The maximum absolute atomic E-state index is 12.0. The fraction of sp³-hybridized carbons (Fsp3) is 0.500. The van der Waals surface area contributed by atoms with Gasteiger partial charge < -0.3 is 15.2 Å². The maximum atomic E-state index is 12.0. The largest absolute Gasteiger partial charge is 0.398 e. The van der Waals surface area contributed by atoms with Gasteiger partial charge in [0.1, 0.15) is 0 Å². The van der Waals surface area contributed by atoms with Crippen molar-refractivity contribution >= 4 is 31.6 Å². The molecular formula is C12H19BrN2O4S. The molecule has 0 atom stereocenters. The number of rotatable bonds is 9. The van der Waals surface area contributed by atoms with E-state index in [1.54, 1.807) is 13.2 Å². The minimum atomic E-state index is -3.53. The van der Waals surface area contributed by atoms with Crippen molar-refractivity contribution in [3.63, 3.8) is 0 Å². The summed E-state index contributed by atoms with van der Waals surface area (Å²) in [5.74, 6) is 0. The molecule has 0 amide bonds. The lowest BCUT2D eigenvalue weighted by Gasteiger charge is -2.08. The molecule has 0 saturated carbocycles. The van der Waals surface area contributed by atoms with Crippen molar-refractivity contribution in [2.75, 3.05) is 39.2 Å². The second kappa shape index (κ2) is 8.58. The van der Waals surface area contributed by atoms with Crippen molar-refractivity contribution in [3.05, 3.63) is 22.7 Å². The zero-order chi connectivity index (χ0) is 15.0. The van der Waals surface area contributed by atoms with E-state index in [1.807, 2.05) is 0 Å². The number of nitrogen functional groups attached to an aromatic ring is 1. The molecule has 0 aliphatic rings. The number of hydrogen-bond donors (Lipinski definition) is 2. The van der Waals surface area contributed by atoms with E-state index in [-0.39, 0.29) is 4.90 Å². The SMILES string of the molecule is COCCOCCCNS(=O)(=O)c1ccc(Br)c(N)c1. The first-order valence-electron chi connectivity index (χ1n) is 6.09. The zero-order valence-corrected chi connectivity index (χ0v) is 13.7. The monoisotopic (exact) mass is 366 g/mol.